The van der Waals surface area contributed by atoms with Gasteiger partial charge in [0.2, 0.25) is 0 Å². The van der Waals surface area contributed by atoms with Gasteiger partial charge in [-0.3, -0.25) is 14.1 Å². The van der Waals surface area contributed by atoms with E-state index in [1.165, 1.54) is 24.2 Å². The third kappa shape index (κ3) is 7.29. The van der Waals surface area contributed by atoms with Crippen LogP contribution in [0.2, 0.25) is 0 Å². The van der Waals surface area contributed by atoms with Gasteiger partial charge in [0.15, 0.2) is 5.96 Å². The van der Waals surface area contributed by atoms with Gasteiger partial charge >= 0.3 is 0 Å². The number of guanidine groups is 1. The Labute approximate surface area is 191 Å². The average Bonchev–Trinajstić information content (AvgIpc) is 2.82. The van der Waals surface area contributed by atoms with E-state index in [1.807, 2.05) is 14.0 Å². The number of nitrogens with one attached hydrogen (secondary N) is 2. The van der Waals surface area contributed by atoms with Gasteiger partial charge in [0.05, 0.1) is 0 Å². The zero-order valence-electron chi connectivity index (χ0n) is 19.6. The van der Waals surface area contributed by atoms with E-state index in [1.54, 1.807) is 0 Å². The second kappa shape index (κ2) is 12.6. The summed E-state index contributed by atoms with van der Waals surface area (Å²) in [6.45, 7) is 11.8. The third-order valence-corrected chi connectivity index (χ3v) is 8.46. The average molecular weight is 448 g/mol. The Kier molecular flexibility index (Phi) is 9.81. The van der Waals surface area contributed by atoms with E-state index < -0.39 is 10.8 Å². The molecule has 0 bridgehead atoms. The molecule has 174 valence electrons. The minimum atomic E-state index is -0.702. The minimum Gasteiger partial charge on any atom is -0.354 e. The highest BCUT2D eigenvalue weighted by Gasteiger charge is 2.26. The van der Waals surface area contributed by atoms with Gasteiger partial charge in [-0.15, -0.1) is 0 Å². The Balaban J connectivity index is 1.52. The SMILES string of the molecule is CCN1CCN(Cc2ccccc2CNC(=NC)NC2CCCC(S(=O)CC)C2)CC1. The second-order valence-corrected chi connectivity index (χ2v) is 10.7. The first-order valence-corrected chi connectivity index (χ1v) is 13.4. The van der Waals surface area contributed by atoms with Crippen molar-refractivity contribution in [2.45, 2.75) is 63.9 Å². The summed E-state index contributed by atoms with van der Waals surface area (Å²) in [5.74, 6) is 1.61. The normalized spacial score (nSPS) is 24.7. The molecule has 1 saturated carbocycles. The molecular weight excluding hydrogens is 406 g/mol. The maximum Gasteiger partial charge on any atom is 0.191 e. The number of nitrogens with zero attached hydrogens (tertiary/aromatic N) is 3. The zero-order valence-corrected chi connectivity index (χ0v) is 20.4. The summed E-state index contributed by atoms with van der Waals surface area (Å²) in [5, 5.41) is 7.43. The Bertz CT molecular complexity index is 732. The van der Waals surface area contributed by atoms with Crippen LogP contribution in [-0.2, 0) is 23.9 Å². The largest absolute Gasteiger partial charge is 0.354 e. The smallest absolute Gasteiger partial charge is 0.191 e. The first-order chi connectivity index (χ1) is 15.1. The third-order valence-electron chi connectivity index (χ3n) is 6.72. The van der Waals surface area contributed by atoms with Gasteiger partial charge in [-0.1, -0.05) is 44.5 Å². The topological polar surface area (TPSA) is 60.0 Å². The lowest BCUT2D eigenvalue weighted by molar-refractivity contribution is 0.131. The van der Waals surface area contributed by atoms with Gasteiger partial charge in [-0.2, -0.15) is 0 Å². The number of hydrogen-bond acceptors (Lipinski definition) is 4. The molecule has 2 aliphatic rings. The van der Waals surface area contributed by atoms with Gasteiger partial charge in [-0.05, 0) is 36.9 Å². The molecule has 3 atom stereocenters. The highest BCUT2D eigenvalue weighted by molar-refractivity contribution is 7.85. The molecule has 0 amide bonds. The molecule has 1 aliphatic heterocycles. The first kappa shape index (κ1) is 24.2. The maximum atomic E-state index is 12.2. The molecule has 2 fully saturated rings. The summed E-state index contributed by atoms with van der Waals surface area (Å²) in [4.78, 5) is 9.54. The molecule has 7 heteroatoms. The molecule has 2 N–H and O–H groups in total. The van der Waals surface area contributed by atoms with E-state index in [9.17, 15) is 4.21 Å². The van der Waals surface area contributed by atoms with Crippen LogP contribution in [0.1, 0.15) is 50.7 Å². The highest BCUT2D eigenvalue weighted by atomic mass is 32.2. The maximum absolute atomic E-state index is 12.2. The number of rotatable bonds is 8. The Hall–Kier alpha value is -1.44. The van der Waals surface area contributed by atoms with Crippen molar-refractivity contribution in [1.29, 1.82) is 0 Å². The molecule has 0 spiro atoms. The van der Waals surface area contributed by atoms with Crippen molar-refractivity contribution >= 4 is 16.8 Å². The fraction of sp³-hybridized carbons (Fsp3) is 0.708. The Morgan fingerprint density at radius 2 is 1.81 bits per heavy atom. The molecule has 0 aromatic heterocycles. The molecule has 3 rings (SSSR count). The fourth-order valence-corrected chi connectivity index (χ4v) is 6.05. The summed E-state index contributed by atoms with van der Waals surface area (Å²) >= 11 is 0. The van der Waals surface area contributed by atoms with E-state index in [0.29, 0.717) is 11.3 Å². The minimum absolute atomic E-state index is 0.322. The first-order valence-electron chi connectivity index (χ1n) is 12.0. The van der Waals surface area contributed by atoms with Gasteiger partial charge in [-0.25, -0.2) is 0 Å². The summed E-state index contributed by atoms with van der Waals surface area (Å²) in [7, 11) is 1.13. The molecule has 1 aromatic rings. The van der Waals surface area contributed by atoms with Gasteiger partial charge in [0, 0.05) is 74.2 Å². The zero-order chi connectivity index (χ0) is 22.1. The Morgan fingerprint density at radius 1 is 1.10 bits per heavy atom. The quantitative estimate of drug-likeness (QED) is 0.474. The molecule has 1 heterocycles. The number of benzene rings is 1. The van der Waals surface area contributed by atoms with E-state index in [0.717, 1.165) is 70.1 Å². The molecule has 3 unspecified atom stereocenters. The van der Waals surface area contributed by atoms with Crippen molar-refractivity contribution in [2.24, 2.45) is 4.99 Å². The molecule has 1 aromatic carbocycles. The van der Waals surface area contributed by atoms with Crippen LogP contribution in [0.3, 0.4) is 0 Å². The fourth-order valence-electron chi connectivity index (χ4n) is 4.71. The number of piperazine rings is 1. The van der Waals surface area contributed by atoms with Crippen molar-refractivity contribution in [3.63, 3.8) is 0 Å². The summed E-state index contributed by atoms with van der Waals surface area (Å²) in [5.41, 5.74) is 2.73. The van der Waals surface area contributed by atoms with Gasteiger partial charge in [0.25, 0.3) is 0 Å². The molecule has 31 heavy (non-hydrogen) atoms. The van der Waals surface area contributed by atoms with E-state index >= 15 is 0 Å². The number of likely N-dealkylation sites (N-methyl/N-ethyl adjacent to an activating group) is 1. The molecular formula is C24H41N5OS. The molecule has 0 radical (unpaired) electrons. The summed E-state index contributed by atoms with van der Waals surface area (Å²) in [6, 6.07) is 9.09. The molecule has 1 aliphatic carbocycles. The van der Waals surface area contributed by atoms with Gasteiger partial charge in [0.1, 0.15) is 0 Å². The molecule has 1 saturated heterocycles. The van der Waals surface area contributed by atoms with Crippen LogP contribution >= 0.6 is 0 Å². The Morgan fingerprint density at radius 3 is 2.48 bits per heavy atom. The van der Waals surface area contributed by atoms with Crippen molar-refractivity contribution < 1.29 is 4.21 Å². The van der Waals surface area contributed by atoms with Crippen LogP contribution in [-0.4, -0.2) is 76.8 Å². The monoisotopic (exact) mass is 447 g/mol. The number of aliphatic imine (C=N–C) groups is 1. The second-order valence-electron chi connectivity index (χ2n) is 8.70. The standard InChI is InChI=1S/C24H41N5OS/c1-4-28-13-15-29(16-14-28)19-21-10-7-6-9-20(21)18-26-24(25-3)27-22-11-8-12-23(17-22)31(30)5-2/h6-7,9-10,22-23H,4-5,8,11-19H2,1-3H3,(H2,25,26,27). The lowest BCUT2D eigenvalue weighted by atomic mass is 9.95. The van der Waals surface area contributed by atoms with E-state index in [-0.39, 0.29) is 0 Å². The van der Waals surface area contributed by atoms with Crippen LogP contribution in [0.15, 0.2) is 29.3 Å². The van der Waals surface area contributed by atoms with Crippen molar-refractivity contribution in [3.8, 4) is 0 Å². The predicted octanol–water partition coefficient (Wildman–Crippen LogP) is 2.57. The van der Waals surface area contributed by atoms with Crippen molar-refractivity contribution in [3.05, 3.63) is 35.4 Å². The van der Waals surface area contributed by atoms with Crippen LogP contribution in [0.5, 0.6) is 0 Å². The summed E-state index contributed by atoms with van der Waals surface area (Å²) in [6.07, 6.45) is 4.32. The van der Waals surface area contributed by atoms with Crippen molar-refractivity contribution in [2.75, 3.05) is 45.5 Å². The van der Waals surface area contributed by atoms with Crippen LogP contribution in [0.4, 0.5) is 0 Å². The lowest BCUT2D eigenvalue weighted by Gasteiger charge is -2.34. The van der Waals surface area contributed by atoms with E-state index in [2.05, 4.69) is 56.6 Å². The highest BCUT2D eigenvalue weighted by Crippen LogP contribution is 2.23. The number of hydrogen-bond donors (Lipinski definition) is 2. The summed E-state index contributed by atoms with van der Waals surface area (Å²) < 4.78 is 12.2. The predicted molar refractivity (Wildman–Crippen MR) is 132 cm³/mol. The van der Waals surface area contributed by atoms with E-state index in [4.69, 9.17) is 0 Å². The van der Waals surface area contributed by atoms with Crippen LogP contribution < -0.4 is 10.6 Å². The van der Waals surface area contributed by atoms with Crippen LogP contribution in [0.25, 0.3) is 0 Å². The van der Waals surface area contributed by atoms with Crippen molar-refractivity contribution in [1.82, 2.24) is 20.4 Å². The van der Waals surface area contributed by atoms with Crippen LogP contribution in [0, 0.1) is 0 Å². The molecule has 6 nitrogen and oxygen atoms in total. The van der Waals surface area contributed by atoms with Gasteiger partial charge < -0.3 is 15.5 Å². The lowest BCUT2D eigenvalue weighted by Crippen LogP contribution is -2.46.